The molecule has 35 heavy (non-hydrogen) atoms. The van der Waals surface area contributed by atoms with Gasteiger partial charge in [0, 0.05) is 63.0 Å². The largest absolute Gasteiger partial charge is 0.390 e. The molecule has 1 aliphatic carbocycles. The highest BCUT2D eigenvalue weighted by atomic mass is 16.3. The van der Waals surface area contributed by atoms with Gasteiger partial charge in [-0.2, -0.15) is 0 Å². The van der Waals surface area contributed by atoms with Crippen molar-refractivity contribution >= 4 is 17.6 Å². The van der Waals surface area contributed by atoms with Gasteiger partial charge in [0.05, 0.1) is 6.10 Å². The van der Waals surface area contributed by atoms with E-state index in [2.05, 4.69) is 44.8 Å². The molecule has 8 nitrogen and oxygen atoms in total. The van der Waals surface area contributed by atoms with E-state index in [1.807, 2.05) is 4.90 Å². The summed E-state index contributed by atoms with van der Waals surface area (Å²) in [4.78, 5) is 33.5. The lowest BCUT2D eigenvalue weighted by molar-refractivity contribution is -0.133. The average Bonchev–Trinajstić information content (AvgIpc) is 3.73. The van der Waals surface area contributed by atoms with Crippen LogP contribution in [0.1, 0.15) is 47.2 Å². The molecule has 8 heteroatoms. The first-order chi connectivity index (χ1) is 17.0. The van der Waals surface area contributed by atoms with Gasteiger partial charge in [0.1, 0.15) is 5.82 Å². The summed E-state index contributed by atoms with van der Waals surface area (Å²) in [5.74, 6) is 1.03. The Balaban J connectivity index is 1.06. The quantitative estimate of drug-likeness (QED) is 0.538. The lowest BCUT2D eigenvalue weighted by Gasteiger charge is -2.32. The number of fused-ring (bicyclic) bond motifs is 1. The SMILES string of the molecule is O=C(NCC(O)CN1CCc2ccccc2C1)c1ccnc(NC2CCN(C(=O)C3CC3)CC2)c1. The first-order valence-electron chi connectivity index (χ1n) is 12.8. The standard InChI is InChI=1S/C27H35N5O3/c33-24(18-31-12-8-19-3-1-2-4-22(19)17-31)16-29-26(34)21-7-11-28-25(15-21)30-23-9-13-32(14-10-23)27(35)20-5-6-20/h1-4,7,11,15,20,23-24,33H,5-6,8-10,12-14,16-18H2,(H,28,30)(H,29,34). The first-order valence-corrected chi connectivity index (χ1v) is 12.8. The lowest BCUT2D eigenvalue weighted by atomic mass is 10.00. The Labute approximate surface area is 206 Å². The van der Waals surface area contributed by atoms with E-state index in [0.29, 0.717) is 23.8 Å². The van der Waals surface area contributed by atoms with E-state index in [4.69, 9.17) is 0 Å². The van der Waals surface area contributed by atoms with Crippen molar-refractivity contribution in [3.8, 4) is 0 Å². The predicted molar refractivity (Wildman–Crippen MR) is 134 cm³/mol. The van der Waals surface area contributed by atoms with Gasteiger partial charge in [0.25, 0.3) is 5.91 Å². The zero-order chi connectivity index (χ0) is 24.2. The molecule has 1 atom stereocenters. The number of aromatic nitrogens is 1. The average molecular weight is 478 g/mol. The van der Waals surface area contributed by atoms with Crippen molar-refractivity contribution in [3.05, 3.63) is 59.3 Å². The molecule has 3 N–H and O–H groups in total. The summed E-state index contributed by atoms with van der Waals surface area (Å²) >= 11 is 0. The second kappa shape index (κ2) is 10.7. The highest BCUT2D eigenvalue weighted by Gasteiger charge is 2.35. The molecule has 2 aliphatic heterocycles. The zero-order valence-corrected chi connectivity index (χ0v) is 20.2. The molecule has 0 radical (unpaired) electrons. The molecule has 1 aromatic carbocycles. The van der Waals surface area contributed by atoms with Crippen molar-refractivity contribution in [2.24, 2.45) is 5.92 Å². The summed E-state index contributed by atoms with van der Waals surface area (Å²) < 4.78 is 0. The van der Waals surface area contributed by atoms with Crippen LogP contribution in [0.3, 0.4) is 0 Å². The number of nitrogens with one attached hydrogen (secondary N) is 2. The second-order valence-corrected chi connectivity index (χ2v) is 10.1. The Morgan fingerprint density at radius 1 is 1.06 bits per heavy atom. The molecule has 1 aromatic heterocycles. The van der Waals surface area contributed by atoms with Gasteiger partial charge in [0.15, 0.2) is 0 Å². The molecule has 186 valence electrons. The monoisotopic (exact) mass is 477 g/mol. The highest BCUT2D eigenvalue weighted by Crippen LogP contribution is 2.32. The summed E-state index contributed by atoms with van der Waals surface area (Å²) in [6.07, 6.45) is 5.82. The van der Waals surface area contributed by atoms with Crippen molar-refractivity contribution < 1.29 is 14.7 Å². The number of likely N-dealkylation sites (tertiary alicyclic amines) is 1. The van der Waals surface area contributed by atoms with Crippen LogP contribution >= 0.6 is 0 Å². The number of carbonyl (C=O) groups excluding carboxylic acids is 2. The summed E-state index contributed by atoms with van der Waals surface area (Å²) in [6.45, 7) is 4.01. The molecular weight excluding hydrogens is 442 g/mol. The maximum Gasteiger partial charge on any atom is 0.251 e. The van der Waals surface area contributed by atoms with Gasteiger partial charge >= 0.3 is 0 Å². The molecule has 1 saturated heterocycles. The minimum atomic E-state index is -0.632. The van der Waals surface area contributed by atoms with Crippen LogP contribution in [-0.2, 0) is 17.8 Å². The van der Waals surface area contributed by atoms with Crippen molar-refractivity contribution in [1.82, 2.24) is 20.1 Å². The van der Waals surface area contributed by atoms with Crippen LogP contribution in [0.25, 0.3) is 0 Å². The summed E-state index contributed by atoms with van der Waals surface area (Å²) in [5.41, 5.74) is 3.21. The third kappa shape index (κ3) is 6.18. The van der Waals surface area contributed by atoms with Crippen molar-refractivity contribution in [2.45, 2.75) is 50.8 Å². The van der Waals surface area contributed by atoms with E-state index in [1.54, 1.807) is 18.3 Å². The molecule has 2 fully saturated rings. The summed E-state index contributed by atoms with van der Waals surface area (Å²) in [6, 6.07) is 12.1. The third-order valence-electron chi connectivity index (χ3n) is 7.28. The smallest absolute Gasteiger partial charge is 0.251 e. The molecule has 0 bridgehead atoms. The van der Waals surface area contributed by atoms with Crippen molar-refractivity contribution in [2.75, 3.05) is 38.0 Å². The molecule has 3 heterocycles. The molecule has 0 spiro atoms. The van der Waals surface area contributed by atoms with E-state index in [-0.39, 0.29) is 24.4 Å². The fourth-order valence-corrected chi connectivity index (χ4v) is 5.08. The van der Waals surface area contributed by atoms with E-state index in [0.717, 1.165) is 58.3 Å². The number of rotatable bonds is 8. The Hall–Kier alpha value is -2.97. The van der Waals surface area contributed by atoms with E-state index >= 15 is 0 Å². The zero-order valence-electron chi connectivity index (χ0n) is 20.2. The van der Waals surface area contributed by atoms with E-state index < -0.39 is 6.10 Å². The number of carbonyl (C=O) groups is 2. The minimum absolute atomic E-state index is 0.204. The number of β-amino-alcohol motifs (C(OH)–C–C–N with tert-alkyl or cyclic N) is 1. The Morgan fingerprint density at radius 3 is 2.60 bits per heavy atom. The lowest BCUT2D eigenvalue weighted by Crippen LogP contribution is -2.43. The number of benzene rings is 1. The van der Waals surface area contributed by atoms with E-state index in [9.17, 15) is 14.7 Å². The Morgan fingerprint density at radius 2 is 1.83 bits per heavy atom. The fourth-order valence-electron chi connectivity index (χ4n) is 5.08. The Bertz CT molecular complexity index is 1050. The molecule has 5 rings (SSSR count). The number of piperidine rings is 1. The van der Waals surface area contributed by atoms with Crippen LogP contribution in [0.5, 0.6) is 0 Å². The van der Waals surface area contributed by atoms with Crippen LogP contribution < -0.4 is 10.6 Å². The van der Waals surface area contributed by atoms with Crippen LogP contribution in [0.2, 0.25) is 0 Å². The number of hydrogen-bond acceptors (Lipinski definition) is 6. The van der Waals surface area contributed by atoms with Crippen molar-refractivity contribution in [1.29, 1.82) is 0 Å². The second-order valence-electron chi connectivity index (χ2n) is 10.1. The Kier molecular flexibility index (Phi) is 7.29. The van der Waals surface area contributed by atoms with Crippen LogP contribution in [0.15, 0.2) is 42.6 Å². The fraction of sp³-hybridized carbons (Fsp3) is 0.519. The van der Waals surface area contributed by atoms with Gasteiger partial charge < -0.3 is 20.6 Å². The molecule has 2 amide bonds. The van der Waals surface area contributed by atoms with Gasteiger partial charge in [-0.3, -0.25) is 14.5 Å². The maximum atomic E-state index is 12.7. The van der Waals surface area contributed by atoms with Crippen LogP contribution in [0, 0.1) is 5.92 Å². The number of amides is 2. The maximum absolute atomic E-state index is 12.7. The number of hydrogen-bond donors (Lipinski definition) is 3. The minimum Gasteiger partial charge on any atom is -0.390 e. The summed E-state index contributed by atoms with van der Waals surface area (Å²) in [7, 11) is 0. The number of pyridine rings is 1. The van der Waals surface area contributed by atoms with Gasteiger partial charge in [0.2, 0.25) is 5.91 Å². The van der Waals surface area contributed by atoms with Gasteiger partial charge in [-0.05, 0) is 55.4 Å². The highest BCUT2D eigenvalue weighted by molar-refractivity contribution is 5.94. The predicted octanol–water partition coefficient (Wildman–Crippen LogP) is 2.04. The third-order valence-corrected chi connectivity index (χ3v) is 7.28. The molecule has 1 saturated carbocycles. The number of nitrogens with zero attached hydrogens (tertiary/aromatic N) is 3. The number of anilines is 1. The van der Waals surface area contributed by atoms with Gasteiger partial charge in [-0.25, -0.2) is 4.98 Å². The topological polar surface area (TPSA) is 97.8 Å². The molecular formula is C27H35N5O3. The number of aliphatic hydroxyl groups excluding tert-OH is 1. The number of aliphatic hydroxyl groups is 1. The summed E-state index contributed by atoms with van der Waals surface area (Å²) in [5, 5.41) is 16.8. The van der Waals surface area contributed by atoms with Gasteiger partial charge in [-0.1, -0.05) is 24.3 Å². The molecule has 3 aliphatic rings. The van der Waals surface area contributed by atoms with Crippen LogP contribution in [0.4, 0.5) is 5.82 Å². The van der Waals surface area contributed by atoms with Crippen LogP contribution in [-0.4, -0.2) is 76.6 Å². The molecule has 2 aromatic rings. The normalized spacial score (nSPS) is 19.6. The van der Waals surface area contributed by atoms with Crippen molar-refractivity contribution in [3.63, 3.8) is 0 Å². The van der Waals surface area contributed by atoms with E-state index in [1.165, 1.54) is 11.1 Å². The first kappa shape index (κ1) is 23.8. The molecule has 1 unspecified atom stereocenters. The van der Waals surface area contributed by atoms with Gasteiger partial charge in [-0.15, -0.1) is 0 Å².